The Morgan fingerprint density at radius 1 is 1.88 bits per heavy atom. The Kier molecular flexibility index (Phi) is 1.29. The monoisotopic (exact) mass is 132 g/mol. The molecule has 4 nitrogen and oxygen atoms in total. The number of aromatic amines is 1. The van der Waals surface area contributed by atoms with Gasteiger partial charge in [-0.2, -0.15) is 0 Å². The molecule has 0 amide bonds. The molecule has 1 aromatic rings. The summed E-state index contributed by atoms with van der Waals surface area (Å²) >= 11 is 0.843. The molecule has 0 aliphatic heterocycles. The fraction of sp³-hybridized carbons (Fsp3) is 0.333. The first kappa shape index (κ1) is 5.30. The second-order valence-electron chi connectivity index (χ2n) is 1.10. The minimum Gasteiger partial charge on any atom is -0.467 e. The Balaban J connectivity index is 3.01. The Morgan fingerprint density at radius 3 is 2.88 bits per heavy atom. The fourth-order valence-corrected chi connectivity index (χ4v) is 0.723. The first-order valence-corrected chi connectivity index (χ1v) is 2.70. The lowest BCUT2D eigenvalue weighted by Crippen LogP contribution is -1.92. The minimum atomic E-state index is -0.193. The Labute approximate surface area is 49.3 Å². The summed E-state index contributed by atoms with van der Waals surface area (Å²) in [5.41, 5.74) is 0. The second kappa shape index (κ2) is 1.95. The minimum absolute atomic E-state index is 0.193. The van der Waals surface area contributed by atoms with Gasteiger partial charge in [-0.15, -0.1) is 4.37 Å². The quantitative estimate of drug-likeness (QED) is 0.577. The highest BCUT2D eigenvalue weighted by molar-refractivity contribution is 7.02. The average Bonchev–Trinajstić information content (AvgIpc) is 2.14. The maximum absolute atomic E-state index is 10.3. The summed E-state index contributed by atoms with van der Waals surface area (Å²) in [6, 6.07) is 0.278. The van der Waals surface area contributed by atoms with Crippen LogP contribution in [0.4, 0.5) is 0 Å². The molecule has 0 radical (unpaired) electrons. The van der Waals surface area contributed by atoms with Gasteiger partial charge in [0.2, 0.25) is 0 Å². The summed E-state index contributed by atoms with van der Waals surface area (Å²) in [6.07, 6.45) is 0. The van der Waals surface area contributed by atoms with Crippen LogP contribution in [0.3, 0.4) is 0 Å². The molecule has 1 rings (SSSR count). The van der Waals surface area contributed by atoms with Crippen LogP contribution >= 0.6 is 11.5 Å². The summed E-state index contributed by atoms with van der Waals surface area (Å²) < 4.78 is 8.16. The third kappa shape index (κ3) is 0.865. The molecule has 0 bridgehead atoms. The van der Waals surface area contributed by atoms with Crippen molar-refractivity contribution in [3.05, 3.63) is 9.67 Å². The molecular formula is C3H4N2O2S. The molecule has 0 aliphatic carbocycles. The molecular weight excluding hydrogens is 128 g/mol. The van der Waals surface area contributed by atoms with Crippen LogP contribution in [0.2, 0.25) is 0 Å². The van der Waals surface area contributed by atoms with Crippen LogP contribution in [0.15, 0.2) is 4.79 Å². The highest BCUT2D eigenvalue weighted by Crippen LogP contribution is 1.94. The lowest BCUT2D eigenvalue weighted by atomic mass is 11.2. The predicted octanol–water partition coefficient (Wildman–Crippen LogP) is -0.160. The number of aromatic nitrogens is 2. The standard InChI is InChI=1S/C3H4N2O2S/c1-7-2-4-3(6)8-5-2/h1H3,(H,4,5,6). The summed E-state index contributed by atoms with van der Waals surface area (Å²) in [7, 11) is 1.45. The van der Waals surface area contributed by atoms with E-state index in [1.165, 1.54) is 7.11 Å². The summed E-state index contributed by atoms with van der Waals surface area (Å²) in [5, 5.41) is 0. The van der Waals surface area contributed by atoms with Crippen LogP contribution in [-0.4, -0.2) is 16.5 Å². The van der Waals surface area contributed by atoms with Crippen molar-refractivity contribution in [1.82, 2.24) is 9.36 Å². The van der Waals surface area contributed by atoms with Crippen LogP contribution in [0.5, 0.6) is 6.01 Å². The highest BCUT2D eigenvalue weighted by atomic mass is 32.1. The number of hydrogen-bond donors (Lipinski definition) is 1. The Hall–Kier alpha value is -0.840. The van der Waals surface area contributed by atoms with E-state index in [1.807, 2.05) is 0 Å². The molecule has 0 saturated carbocycles. The molecule has 0 aromatic carbocycles. The lowest BCUT2D eigenvalue weighted by molar-refractivity contribution is 0.385. The van der Waals surface area contributed by atoms with Crippen LogP contribution < -0.4 is 9.61 Å². The van der Waals surface area contributed by atoms with E-state index in [0.29, 0.717) is 0 Å². The van der Waals surface area contributed by atoms with Gasteiger partial charge in [0, 0.05) is 11.5 Å². The van der Waals surface area contributed by atoms with Crippen molar-refractivity contribution in [1.29, 1.82) is 0 Å². The molecule has 0 spiro atoms. The number of rotatable bonds is 1. The largest absolute Gasteiger partial charge is 0.467 e. The van der Waals surface area contributed by atoms with Gasteiger partial charge in [0.05, 0.1) is 7.11 Å². The van der Waals surface area contributed by atoms with E-state index in [1.54, 1.807) is 0 Å². The van der Waals surface area contributed by atoms with Crippen molar-refractivity contribution in [3.8, 4) is 6.01 Å². The van der Waals surface area contributed by atoms with E-state index in [0.717, 1.165) is 11.5 Å². The predicted molar refractivity (Wildman–Crippen MR) is 29.3 cm³/mol. The molecule has 44 valence electrons. The fourth-order valence-electron chi connectivity index (χ4n) is 0.304. The Morgan fingerprint density at radius 2 is 2.62 bits per heavy atom. The van der Waals surface area contributed by atoms with Crippen molar-refractivity contribution in [2.45, 2.75) is 0 Å². The molecule has 1 aromatic heterocycles. The van der Waals surface area contributed by atoms with Crippen LogP contribution in [-0.2, 0) is 0 Å². The summed E-state index contributed by atoms with van der Waals surface area (Å²) in [5.74, 6) is 0. The maximum Gasteiger partial charge on any atom is 0.326 e. The molecule has 8 heavy (non-hydrogen) atoms. The van der Waals surface area contributed by atoms with Crippen molar-refractivity contribution < 1.29 is 4.74 Å². The molecule has 0 saturated heterocycles. The van der Waals surface area contributed by atoms with E-state index in [9.17, 15) is 4.79 Å². The lowest BCUT2D eigenvalue weighted by Gasteiger charge is -1.84. The van der Waals surface area contributed by atoms with Gasteiger partial charge in [-0.3, -0.25) is 9.78 Å². The van der Waals surface area contributed by atoms with E-state index >= 15 is 0 Å². The van der Waals surface area contributed by atoms with E-state index in [4.69, 9.17) is 0 Å². The van der Waals surface area contributed by atoms with Gasteiger partial charge in [0.1, 0.15) is 0 Å². The third-order valence-corrected chi connectivity index (χ3v) is 1.14. The second-order valence-corrected chi connectivity index (χ2v) is 1.84. The highest BCUT2D eigenvalue weighted by Gasteiger charge is 1.92. The number of nitrogens with one attached hydrogen (secondary N) is 1. The van der Waals surface area contributed by atoms with Gasteiger partial charge in [-0.25, -0.2) is 0 Å². The molecule has 5 heteroatoms. The van der Waals surface area contributed by atoms with E-state index in [-0.39, 0.29) is 10.9 Å². The zero-order valence-corrected chi connectivity index (χ0v) is 4.99. The zero-order valence-electron chi connectivity index (χ0n) is 4.17. The van der Waals surface area contributed by atoms with Crippen LogP contribution in [0, 0.1) is 0 Å². The van der Waals surface area contributed by atoms with Gasteiger partial charge in [0.15, 0.2) is 0 Å². The topological polar surface area (TPSA) is 55.0 Å². The van der Waals surface area contributed by atoms with Gasteiger partial charge < -0.3 is 4.74 Å². The van der Waals surface area contributed by atoms with Gasteiger partial charge in [-0.05, 0) is 0 Å². The average molecular weight is 132 g/mol. The van der Waals surface area contributed by atoms with E-state index < -0.39 is 0 Å². The molecule has 1 N–H and O–H groups in total. The number of hydrogen-bond acceptors (Lipinski definition) is 4. The van der Waals surface area contributed by atoms with E-state index in [2.05, 4.69) is 14.1 Å². The first-order chi connectivity index (χ1) is 3.83. The molecule has 1 heterocycles. The van der Waals surface area contributed by atoms with Crippen molar-refractivity contribution in [3.63, 3.8) is 0 Å². The molecule has 0 atom stereocenters. The SMILES string of the molecule is COc1nsc(=O)[nH]1. The molecule has 0 unspecified atom stereocenters. The van der Waals surface area contributed by atoms with Crippen molar-refractivity contribution in [2.75, 3.05) is 7.11 Å². The van der Waals surface area contributed by atoms with Gasteiger partial charge in [0.25, 0.3) is 0 Å². The number of ether oxygens (including phenoxy) is 1. The van der Waals surface area contributed by atoms with Gasteiger partial charge >= 0.3 is 10.9 Å². The van der Waals surface area contributed by atoms with Gasteiger partial charge in [-0.1, -0.05) is 0 Å². The number of nitrogens with zero attached hydrogens (tertiary/aromatic N) is 1. The molecule has 0 fully saturated rings. The summed E-state index contributed by atoms with van der Waals surface area (Å²) in [4.78, 5) is 12.4. The maximum atomic E-state index is 10.3. The van der Waals surface area contributed by atoms with Crippen molar-refractivity contribution >= 4 is 11.5 Å². The normalized spacial score (nSPS) is 9.12. The summed E-state index contributed by atoms with van der Waals surface area (Å²) in [6.45, 7) is 0. The number of H-pyrrole nitrogens is 1. The first-order valence-electron chi connectivity index (χ1n) is 1.93. The smallest absolute Gasteiger partial charge is 0.326 e. The zero-order chi connectivity index (χ0) is 5.98. The van der Waals surface area contributed by atoms with Crippen LogP contribution in [0.25, 0.3) is 0 Å². The Bertz CT molecular complexity index is 215. The van der Waals surface area contributed by atoms with Crippen molar-refractivity contribution in [2.24, 2.45) is 0 Å². The van der Waals surface area contributed by atoms with Crippen LogP contribution in [0.1, 0.15) is 0 Å². The molecule has 0 aliphatic rings. The third-order valence-electron chi connectivity index (χ3n) is 0.614. The number of methoxy groups -OCH3 is 1.